The number of nitrogens with zero attached hydrogens (tertiary/aromatic N) is 2. The maximum absolute atomic E-state index is 4.55. The number of hydrogen-bond donors (Lipinski definition) is 1. The molecule has 0 aliphatic rings. The molecule has 0 bridgehead atoms. The SMILES string of the molecule is CCNCc1nccc(-c2cccc(C)c2)n1. The summed E-state index contributed by atoms with van der Waals surface area (Å²) < 4.78 is 0. The second-order valence-corrected chi connectivity index (χ2v) is 4.01. The third-order valence-electron chi connectivity index (χ3n) is 2.55. The van der Waals surface area contributed by atoms with Crippen molar-refractivity contribution < 1.29 is 0 Å². The van der Waals surface area contributed by atoms with Crippen LogP contribution < -0.4 is 5.32 Å². The fourth-order valence-corrected chi connectivity index (χ4v) is 1.69. The molecule has 0 aliphatic heterocycles. The van der Waals surface area contributed by atoms with Crippen molar-refractivity contribution in [2.75, 3.05) is 6.54 Å². The Morgan fingerprint density at radius 1 is 1.24 bits per heavy atom. The highest BCUT2D eigenvalue weighted by atomic mass is 15.0. The molecule has 1 aromatic heterocycles. The van der Waals surface area contributed by atoms with Gasteiger partial charge in [-0.15, -0.1) is 0 Å². The highest BCUT2D eigenvalue weighted by Gasteiger charge is 2.01. The van der Waals surface area contributed by atoms with Gasteiger partial charge in [0.1, 0.15) is 5.82 Å². The second kappa shape index (κ2) is 5.55. The van der Waals surface area contributed by atoms with E-state index in [0.717, 1.165) is 30.2 Å². The van der Waals surface area contributed by atoms with Crippen LogP contribution in [0.4, 0.5) is 0 Å². The molecule has 0 saturated carbocycles. The number of benzene rings is 1. The molecule has 0 saturated heterocycles. The van der Waals surface area contributed by atoms with Gasteiger partial charge in [-0.2, -0.15) is 0 Å². The number of nitrogens with one attached hydrogen (secondary N) is 1. The van der Waals surface area contributed by atoms with E-state index in [-0.39, 0.29) is 0 Å². The predicted octanol–water partition coefficient (Wildman–Crippen LogP) is 2.56. The fourth-order valence-electron chi connectivity index (χ4n) is 1.69. The van der Waals surface area contributed by atoms with Gasteiger partial charge in [-0.25, -0.2) is 9.97 Å². The summed E-state index contributed by atoms with van der Waals surface area (Å²) in [5.41, 5.74) is 3.37. The van der Waals surface area contributed by atoms with E-state index in [9.17, 15) is 0 Å². The Bertz CT molecular complexity index is 494. The fraction of sp³-hybridized carbons (Fsp3) is 0.286. The van der Waals surface area contributed by atoms with E-state index >= 15 is 0 Å². The van der Waals surface area contributed by atoms with Crippen LogP contribution in [0.15, 0.2) is 36.5 Å². The molecule has 3 nitrogen and oxygen atoms in total. The molecule has 2 aromatic rings. The molecule has 1 heterocycles. The summed E-state index contributed by atoms with van der Waals surface area (Å²) in [4.78, 5) is 8.80. The molecule has 0 unspecified atom stereocenters. The lowest BCUT2D eigenvalue weighted by molar-refractivity contribution is 0.691. The molecule has 2 rings (SSSR count). The molecule has 1 aromatic carbocycles. The molecule has 0 aliphatic carbocycles. The minimum atomic E-state index is 0.718. The maximum atomic E-state index is 4.55. The normalized spacial score (nSPS) is 10.5. The van der Waals surface area contributed by atoms with Crippen LogP contribution in [-0.4, -0.2) is 16.5 Å². The van der Waals surface area contributed by atoms with Crippen LogP contribution >= 0.6 is 0 Å². The summed E-state index contributed by atoms with van der Waals surface area (Å²) in [6.07, 6.45) is 1.82. The average Bonchev–Trinajstić information content (AvgIpc) is 2.37. The Kier molecular flexibility index (Phi) is 3.83. The van der Waals surface area contributed by atoms with Crippen LogP contribution in [0.3, 0.4) is 0 Å². The summed E-state index contributed by atoms with van der Waals surface area (Å²) in [7, 11) is 0. The van der Waals surface area contributed by atoms with Crippen molar-refractivity contribution in [2.45, 2.75) is 20.4 Å². The van der Waals surface area contributed by atoms with E-state index in [1.54, 1.807) is 0 Å². The maximum Gasteiger partial charge on any atom is 0.142 e. The van der Waals surface area contributed by atoms with E-state index in [4.69, 9.17) is 0 Å². The topological polar surface area (TPSA) is 37.8 Å². The Labute approximate surface area is 102 Å². The van der Waals surface area contributed by atoms with Gasteiger partial charge in [0, 0.05) is 11.8 Å². The predicted molar refractivity (Wildman–Crippen MR) is 69.6 cm³/mol. The third kappa shape index (κ3) is 3.11. The van der Waals surface area contributed by atoms with Gasteiger partial charge in [0.15, 0.2) is 0 Å². The molecule has 17 heavy (non-hydrogen) atoms. The third-order valence-corrected chi connectivity index (χ3v) is 2.55. The first-order chi connectivity index (χ1) is 8.29. The molecule has 0 atom stereocenters. The Morgan fingerprint density at radius 2 is 2.12 bits per heavy atom. The first-order valence-electron chi connectivity index (χ1n) is 5.89. The first-order valence-corrected chi connectivity index (χ1v) is 5.89. The summed E-state index contributed by atoms with van der Waals surface area (Å²) >= 11 is 0. The van der Waals surface area contributed by atoms with Crippen molar-refractivity contribution in [1.29, 1.82) is 0 Å². The Balaban J connectivity index is 2.26. The summed E-state index contributed by atoms with van der Waals surface area (Å²) in [5.74, 6) is 0.839. The van der Waals surface area contributed by atoms with Gasteiger partial charge >= 0.3 is 0 Å². The zero-order valence-electron chi connectivity index (χ0n) is 10.3. The monoisotopic (exact) mass is 227 g/mol. The quantitative estimate of drug-likeness (QED) is 0.872. The van der Waals surface area contributed by atoms with Crippen molar-refractivity contribution in [3.63, 3.8) is 0 Å². The summed E-state index contributed by atoms with van der Waals surface area (Å²) in [6, 6.07) is 10.3. The minimum Gasteiger partial charge on any atom is -0.310 e. The van der Waals surface area contributed by atoms with Crippen LogP contribution in [0.1, 0.15) is 18.3 Å². The number of aryl methyl sites for hydroxylation is 1. The van der Waals surface area contributed by atoms with Crippen LogP contribution in [0.5, 0.6) is 0 Å². The molecule has 3 heteroatoms. The van der Waals surface area contributed by atoms with Crippen LogP contribution in [0.25, 0.3) is 11.3 Å². The van der Waals surface area contributed by atoms with E-state index in [0.29, 0.717) is 0 Å². The zero-order chi connectivity index (χ0) is 12.1. The average molecular weight is 227 g/mol. The van der Waals surface area contributed by atoms with Gasteiger partial charge in [0.2, 0.25) is 0 Å². The molecular weight excluding hydrogens is 210 g/mol. The lowest BCUT2D eigenvalue weighted by atomic mass is 10.1. The molecule has 1 N–H and O–H groups in total. The first kappa shape index (κ1) is 11.7. The minimum absolute atomic E-state index is 0.718. The zero-order valence-corrected chi connectivity index (χ0v) is 10.3. The van der Waals surface area contributed by atoms with Gasteiger partial charge < -0.3 is 5.32 Å². The molecule has 0 radical (unpaired) electrons. The lowest BCUT2D eigenvalue weighted by Gasteiger charge is -2.05. The van der Waals surface area contributed by atoms with Crippen molar-refractivity contribution in [1.82, 2.24) is 15.3 Å². The van der Waals surface area contributed by atoms with Gasteiger partial charge in [0.05, 0.1) is 12.2 Å². The summed E-state index contributed by atoms with van der Waals surface area (Å²) in [6.45, 7) is 5.81. The highest BCUT2D eigenvalue weighted by molar-refractivity contribution is 5.59. The van der Waals surface area contributed by atoms with Crippen LogP contribution in [-0.2, 0) is 6.54 Å². The molecular formula is C14H17N3. The summed E-state index contributed by atoms with van der Waals surface area (Å²) in [5, 5.41) is 3.23. The van der Waals surface area contributed by atoms with Crippen LogP contribution in [0.2, 0.25) is 0 Å². The van der Waals surface area contributed by atoms with E-state index < -0.39 is 0 Å². The van der Waals surface area contributed by atoms with E-state index in [1.807, 2.05) is 12.3 Å². The molecule has 0 fully saturated rings. The lowest BCUT2D eigenvalue weighted by Crippen LogP contribution is -2.14. The van der Waals surface area contributed by atoms with Crippen molar-refractivity contribution in [3.8, 4) is 11.3 Å². The van der Waals surface area contributed by atoms with Gasteiger partial charge in [0.25, 0.3) is 0 Å². The van der Waals surface area contributed by atoms with Gasteiger partial charge in [-0.05, 0) is 25.6 Å². The van der Waals surface area contributed by atoms with E-state index in [1.165, 1.54) is 5.56 Å². The molecule has 0 spiro atoms. The van der Waals surface area contributed by atoms with Crippen LogP contribution in [0, 0.1) is 6.92 Å². The Hall–Kier alpha value is -1.74. The largest absolute Gasteiger partial charge is 0.310 e. The number of rotatable bonds is 4. The van der Waals surface area contributed by atoms with Gasteiger partial charge in [-0.3, -0.25) is 0 Å². The second-order valence-electron chi connectivity index (χ2n) is 4.01. The number of aromatic nitrogens is 2. The van der Waals surface area contributed by atoms with E-state index in [2.05, 4.69) is 53.4 Å². The standard InChI is InChI=1S/C14H17N3/c1-3-15-10-14-16-8-7-13(17-14)12-6-4-5-11(2)9-12/h4-9,15H,3,10H2,1-2H3. The smallest absolute Gasteiger partial charge is 0.142 e. The molecule has 88 valence electrons. The number of hydrogen-bond acceptors (Lipinski definition) is 3. The Morgan fingerprint density at radius 3 is 2.88 bits per heavy atom. The van der Waals surface area contributed by atoms with Crippen molar-refractivity contribution >= 4 is 0 Å². The highest BCUT2D eigenvalue weighted by Crippen LogP contribution is 2.17. The van der Waals surface area contributed by atoms with Crippen molar-refractivity contribution in [2.24, 2.45) is 0 Å². The molecule has 0 amide bonds. The van der Waals surface area contributed by atoms with Gasteiger partial charge in [-0.1, -0.05) is 30.7 Å². The van der Waals surface area contributed by atoms with Crippen molar-refractivity contribution in [3.05, 3.63) is 47.9 Å².